The van der Waals surface area contributed by atoms with Gasteiger partial charge in [0.15, 0.2) is 0 Å². The molecule has 1 heteroatoms. The number of hydrogen-bond donors (Lipinski definition) is 1. The minimum absolute atomic E-state index is 0.189. The Labute approximate surface area is 56.7 Å². The molecule has 0 radical (unpaired) electrons. The lowest BCUT2D eigenvalue weighted by Gasteiger charge is -2.01. The zero-order valence-electron chi connectivity index (χ0n) is 6.36. The van der Waals surface area contributed by atoms with Gasteiger partial charge in [0.25, 0.3) is 0 Å². The van der Waals surface area contributed by atoms with E-state index in [2.05, 4.69) is 13.5 Å². The van der Waals surface area contributed by atoms with Crippen LogP contribution < -0.4 is 0 Å². The van der Waals surface area contributed by atoms with Crippen molar-refractivity contribution in [3.63, 3.8) is 0 Å². The van der Waals surface area contributed by atoms with Gasteiger partial charge in [0.2, 0.25) is 0 Å². The minimum Gasteiger partial charge on any atom is -0.508 e. The molecule has 0 bridgehead atoms. The third kappa shape index (κ3) is 2.36. The molecular formula is C8H14O. The van der Waals surface area contributed by atoms with E-state index in [9.17, 15) is 0 Å². The topological polar surface area (TPSA) is 20.2 Å². The van der Waals surface area contributed by atoms with E-state index in [1.807, 2.05) is 13.8 Å². The van der Waals surface area contributed by atoms with Crippen molar-refractivity contribution in [3.8, 4) is 0 Å². The predicted molar refractivity (Wildman–Crippen MR) is 40.4 cm³/mol. The molecule has 0 aliphatic heterocycles. The van der Waals surface area contributed by atoms with E-state index in [0.29, 0.717) is 0 Å². The standard InChI is InChI=1S/C8H14O/c1-5-6(2)7(3)8(4)9/h9H,4-5H2,1-3H3/b7-6+. The van der Waals surface area contributed by atoms with Crippen LogP contribution in [0.5, 0.6) is 0 Å². The van der Waals surface area contributed by atoms with Crippen LogP contribution in [0.4, 0.5) is 0 Å². The monoisotopic (exact) mass is 126 g/mol. The second-order valence-electron chi connectivity index (χ2n) is 2.21. The summed E-state index contributed by atoms with van der Waals surface area (Å²) >= 11 is 0. The van der Waals surface area contributed by atoms with E-state index in [4.69, 9.17) is 5.11 Å². The lowest BCUT2D eigenvalue weighted by atomic mass is 10.1. The second kappa shape index (κ2) is 3.33. The van der Waals surface area contributed by atoms with Gasteiger partial charge >= 0.3 is 0 Å². The predicted octanol–water partition coefficient (Wildman–Crippen LogP) is 2.80. The van der Waals surface area contributed by atoms with Gasteiger partial charge in [-0.25, -0.2) is 0 Å². The molecule has 1 N–H and O–H groups in total. The van der Waals surface area contributed by atoms with Crippen molar-refractivity contribution in [3.05, 3.63) is 23.5 Å². The van der Waals surface area contributed by atoms with Gasteiger partial charge in [0.1, 0.15) is 5.76 Å². The molecule has 52 valence electrons. The third-order valence-corrected chi connectivity index (χ3v) is 1.60. The summed E-state index contributed by atoms with van der Waals surface area (Å²) in [5, 5.41) is 8.87. The van der Waals surface area contributed by atoms with Crippen molar-refractivity contribution in [2.45, 2.75) is 27.2 Å². The summed E-state index contributed by atoms with van der Waals surface area (Å²) in [4.78, 5) is 0. The smallest absolute Gasteiger partial charge is 0.111 e. The molecule has 9 heavy (non-hydrogen) atoms. The minimum atomic E-state index is 0.189. The van der Waals surface area contributed by atoms with E-state index in [0.717, 1.165) is 12.0 Å². The van der Waals surface area contributed by atoms with Crippen molar-refractivity contribution < 1.29 is 5.11 Å². The van der Waals surface area contributed by atoms with E-state index < -0.39 is 0 Å². The van der Waals surface area contributed by atoms with Crippen LogP contribution in [0, 0.1) is 0 Å². The maximum atomic E-state index is 8.87. The molecule has 0 heterocycles. The summed E-state index contributed by atoms with van der Waals surface area (Å²) in [5.74, 6) is 0.189. The van der Waals surface area contributed by atoms with E-state index >= 15 is 0 Å². The summed E-state index contributed by atoms with van der Waals surface area (Å²) in [6, 6.07) is 0. The van der Waals surface area contributed by atoms with Crippen molar-refractivity contribution in [2.75, 3.05) is 0 Å². The molecule has 0 aliphatic carbocycles. The number of hydrogen-bond acceptors (Lipinski definition) is 1. The molecule has 0 rings (SSSR count). The first-order valence-electron chi connectivity index (χ1n) is 3.14. The van der Waals surface area contributed by atoms with E-state index in [1.165, 1.54) is 5.57 Å². The fraction of sp³-hybridized carbons (Fsp3) is 0.500. The summed E-state index contributed by atoms with van der Waals surface area (Å²) in [7, 11) is 0. The molecule has 0 unspecified atom stereocenters. The third-order valence-electron chi connectivity index (χ3n) is 1.60. The largest absolute Gasteiger partial charge is 0.508 e. The maximum absolute atomic E-state index is 8.87. The van der Waals surface area contributed by atoms with Crippen molar-refractivity contribution in [1.29, 1.82) is 0 Å². The fourth-order valence-corrected chi connectivity index (χ4v) is 0.511. The summed E-state index contributed by atoms with van der Waals surface area (Å²) in [6.45, 7) is 9.35. The van der Waals surface area contributed by atoms with Crippen LogP contribution in [-0.2, 0) is 0 Å². The average molecular weight is 126 g/mol. The lowest BCUT2D eigenvalue weighted by molar-refractivity contribution is 0.425. The van der Waals surface area contributed by atoms with Crippen LogP contribution in [0.25, 0.3) is 0 Å². The first-order chi connectivity index (χ1) is 4.09. The Kier molecular flexibility index (Phi) is 3.07. The van der Waals surface area contributed by atoms with Crippen molar-refractivity contribution >= 4 is 0 Å². The van der Waals surface area contributed by atoms with Crippen molar-refractivity contribution in [1.82, 2.24) is 0 Å². The summed E-state index contributed by atoms with van der Waals surface area (Å²) in [5.41, 5.74) is 2.11. The van der Waals surface area contributed by atoms with Gasteiger partial charge in [0.05, 0.1) is 0 Å². The summed E-state index contributed by atoms with van der Waals surface area (Å²) in [6.07, 6.45) is 0.978. The van der Waals surface area contributed by atoms with Gasteiger partial charge in [-0.3, -0.25) is 0 Å². The first kappa shape index (κ1) is 8.28. The molecule has 0 saturated heterocycles. The average Bonchev–Trinajstić information content (AvgIpc) is 1.84. The lowest BCUT2D eigenvalue weighted by Crippen LogP contribution is -1.85. The Morgan fingerprint density at radius 1 is 1.44 bits per heavy atom. The highest BCUT2D eigenvalue weighted by atomic mass is 16.3. The zero-order valence-corrected chi connectivity index (χ0v) is 6.36. The zero-order chi connectivity index (χ0) is 7.44. The highest BCUT2D eigenvalue weighted by Crippen LogP contribution is 2.11. The molecule has 0 amide bonds. The fourth-order valence-electron chi connectivity index (χ4n) is 0.511. The molecule has 0 aliphatic rings. The first-order valence-corrected chi connectivity index (χ1v) is 3.14. The van der Waals surface area contributed by atoms with Crippen LogP contribution in [-0.4, -0.2) is 5.11 Å². The second-order valence-corrected chi connectivity index (χ2v) is 2.21. The molecule has 0 fully saturated rings. The Balaban J connectivity index is 4.28. The molecule has 0 aromatic carbocycles. The Morgan fingerprint density at radius 2 is 1.89 bits per heavy atom. The van der Waals surface area contributed by atoms with Crippen molar-refractivity contribution in [2.24, 2.45) is 0 Å². The Morgan fingerprint density at radius 3 is 2.00 bits per heavy atom. The molecule has 1 nitrogen and oxygen atoms in total. The van der Waals surface area contributed by atoms with E-state index in [1.54, 1.807) is 0 Å². The van der Waals surface area contributed by atoms with Crippen LogP contribution in [0.15, 0.2) is 23.5 Å². The van der Waals surface area contributed by atoms with Gasteiger partial charge in [-0.15, -0.1) is 0 Å². The quantitative estimate of drug-likeness (QED) is 0.445. The highest BCUT2D eigenvalue weighted by Gasteiger charge is 1.95. The van der Waals surface area contributed by atoms with Crippen LogP contribution in [0.2, 0.25) is 0 Å². The molecule has 0 saturated carbocycles. The van der Waals surface area contributed by atoms with Crippen LogP contribution >= 0.6 is 0 Å². The number of aliphatic hydroxyl groups is 1. The Bertz CT molecular complexity index is 143. The van der Waals surface area contributed by atoms with Gasteiger partial charge in [-0.05, 0) is 25.8 Å². The summed E-state index contributed by atoms with van der Waals surface area (Å²) < 4.78 is 0. The molecule has 0 aromatic rings. The Hall–Kier alpha value is -0.720. The highest BCUT2D eigenvalue weighted by molar-refractivity contribution is 5.24. The van der Waals surface area contributed by atoms with Crippen LogP contribution in [0.1, 0.15) is 27.2 Å². The van der Waals surface area contributed by atoms with Gasteiger partial charge in [-0.2, -0.15) is 0 Å². The SMILES string of the molecule is C=C(O)/C(C)=C(\C)CC. The maximum Gasteiger partial charge on any atom is 0.111 e. The number of rotatable bonds is 2. The van der Waals surface area contributed by atoms with Gasteiger partial charge < -0.3 is 5.11 Å². The normalized spacial score (nSPS) is 12.8. The molecule has 0 spiro atoms. The van der Waals surface area contributed by atoms with Gasteiger partial charge in [-0.1, -0.05) is 19.1 Å². The van der Waals surface area contributed by atoms with Crippen LogP contribution in [0.3, 0.4) is 0 Å². The molecular weight excluding hydrogens is 112 g/mol. The number of aliphatic hydroxyl groups excluding tert-OH is 1. The van der Waals surface area contributed by atoms with E-state index in [-0.39, 0.29) is 5.76 Å². The number of allylic oxidation sites excluding steroid dienone is 2. The van der Waals surface area contributed by atoms with Gasteiger partial charge in [0, 0.05) is 0 Å². The molecule has 0 atom stereocenters. The molecule has 0 aromatic heterocycles.